The van der Waals surface area contributed by atoms with Gasteiger partial charge in [0.05, 0.1) is 26.9 Å². The van der Waals surface area contributed by atoms with Crippen LogP contribution in [0.15, 0.2) is 176 Å². The number of hydrogen-bond acceptors (Lipinski definition) is 3. The van der Waals surface area contributed by atoms with Gasteiger partial charge >= 0.3 is 0 Å². The highest BCUT2D eigenvalue weighted by Gasteiger charge is 2.29. The first-order chi connectivity index (χ1) is 26.8. The molecule has 0 saturated heterocycles. The third-order valence-corrected chi connectivity index (χ3v) is 12.3. The molecule has 0 saturated carbocycles. The predicted octanol–water partition coefficient (Wildman–Crippen LogP) is 13.2. The lowest BCUT2D eigenvalue weighted by Gasteiger charge is -2.19. The van der Waals surface area contributed by atoms with Crippen molar-refractivity contribution in [3.8, 4) is 17.2 Å². The Labute approximate surface area is 314 Å². The van der Waals surface area contributed by atoms with E-state index in [0.717, 1.165) is 37.9 Å². The number of benzene rings is 8. The normalized spacial score (nSPS) is 12.7. The maximum atomic E-state index is 5.48. The van der Waals surface area contributed by atoms with E-state index in [4.69, 9.17) is 9.97 Å². The minimum Gasteiger partial charge on any atom is -0.278 e. The highest BCUT2D eigenvalue weighted by Crippen LogP contribution is 2.50. The maximum absolute atomic E-state index is 5.48. The van der Waals surface area contributed by atoms with E-state index in [1.807, 2.05) is 0 Å². The summed E-state index contributed by atoms with van der Waals surface area (Å²) in [4.78, 5) is 11.0. The molecule has 0 atom stereocenters. The molecule has 0 fully saturated rings. The van der Waals surface area contributed by atoms with E-state index in [1.54, 1.807) is 11.3 Å². The summed E-state index contributed by atoms with van der Waals surface area (Å²) in [5.41, 5.74) is 12.5. The van der Waals surface area contributed by atoms with Crippen LogP contribution in [0.3, 0.4) is 0 Å². The number of fused-ring (bicyclic) bond motifs is 4. The van der Waals surface area contributed by atoms with Crippen molar-refractivity contribution >= 4 is 86.1 Å². The summed E-state index contributed by atoms with van der Waals surface area (Å²) in [6.07, 6.45) is 0. The monoisotopic (exact) mass is 703 g/mol. The van der Waals surface area contributed by atoms with Crippen molar-refractivity contribution < 1.29 is 0 Å². The lowest BCUT2D eigenvalue weighted by atomic mass is 9.85. The summed E-state index contributed by atoms with van der Waals surface area (Å²) in [6, 6.07) is 63.7. The predicted molar refractivity (Wildman–Crippen MR) is 228 cm³/mol. The van der Waals surface area contributed by atoms with E-state index in [0.29, 0.717) is 5.95 Å². The number of hydrogen-bond donors (Lipinski definition) is 0. The smallest absolute Gasteiger partial charge is 0.235 e. The van der Waals surface area contributed by atoms with Crippen LogP contribution in [0.5, 0.6) is 0 Å². The summed E-state index contributed by atoms with van der Waals surface area (Å²) < 4.78 is 4.63. The third-order valence-electron chi connectivity index (χ3n) is 11.1. The minimum absolute atomic E-state index is 0.680. The number of aromatic nitrogens is 3. The molecule has 3 heterocycles. The van der Waals surface area contributed by atoms with Crippen LogP contribution < -0.4 is 0 Å². The summed E-state index contributed by atoms with van der Waals surface area (Å²) in [7, 11) is 0. The van der Waals surface area contributed by atoms with Gasteiger partial charge in [0.15, 0.2) is 0 Å². The molecule has 0 amide bonds. The standard InChI is InChI=1S/C50H29N3S/c1-3-14-31(15-4-1)42-37-21-11-19-32-27-28-40-46(43(32)37)45-38(44(42)35-26-25-30-13-7-8-18-34(30)29-35)22-12-23-39(45)53(40)50-51-47(33-16-5-2-6-17-33)49-48(52-50)36-20-9-10-24-41(36)54-49/h1-29H. The third kappa shape index (κ3) is 4.17. The van der Waals surface area contributed by atoms with Crippen LogP contribution in [0.4, 0.5) is 0 Å². The van der Waals surface area contributed by atoms with Crippen LogP contribution in [-0.4, -0.2) is 14.5 Å². The second-order valence-electron chi connectivity index (χ2n) is 14.1. The Balaban J connectivity index is 1.26. The molecule has 12 rings (SSSR count). The van der Waals surface area contributed by atoms with Crippen molar-refractivity contribution in [3.63, 3.8) is 0 Å². The first-order valence-electron chi connectivity index (χ1n) is 18.3. The minimum atomic E-state index is 0.680. The molecule has 0 N–H and O–H groups in total. The molecule has 54 heavy (non-hydrogen) atoms. The molecular formula is C50H29N3S. The second kappa shape index (κ2) is 11.3. The Morgan fingerprint density at radius 2 is 1.07 bits per heavy atom. The summed E-state index contributed by atoms with van der Waals surface area (Å²) in [6.45, 7) is 0. The Morgan fingerprint density at radius 1 is 0.426 bits per heavy atom. The van der Waals surface area contributed by atoms with Gasteiger partial charge in [0.25, 0.3) is 0 Å². The van der Waals surface area contributed by atoms with Crippen LogP contribution >= 0.6 is 11.3 Å². The molecule has 4 heteroatoms. The van der Waals surface area contributed by atoms with Crippen molar-refractivity contribution in [1.29, 1.82) is 0 Å². The van der Waals surface area contributed by atoms with Crippen molar-refractivity contribution in [1.82, 2.24) is 14.5 Å². The molecule has 250 valence electrons. The van der Waals surface area contributed by atoms with Gasteiger partial charge in [-0.05, 0) is 79.2 Å². The quantitative estimate of drug-likeness (QED) is 0.183. The summed E-state index contributed by atoms with van der Waals surface area (Å²) >= 11 is 1.77. The van der Waals surface area contributed by atoms with Crippen molar-refractivity contribution in [3.05, 3.63) is 198 Å². The Hall–Kier alpha value is -6.88. The van der Waals surface area contributed by atoms with Crippen LogP contribution in [0.25, 0.3) is 92.0 Å². The van der Waals surface area contributed by atoms with E-state index in [9.17, 15) is 0 Å². The van der Waals surface area contributed by atoms with Gasteiger partial charge in [0.1, 0.15) is 0 Å². The Bertz CT molecular complexity index is 3370. The lowest BCUT2D eigenvalue weighted by molar-refractivity contribution is 1.02. The van der Waals surface area contributed by atoms with E-state index in [1.165, 1.54) is 70.4 Å². The molecule has 0 radical (unpaired) electrons. The molecule has 0 aliphatic heterocycles. The fourth-order valence-electron chi connectivity index (χ4n) is 8.85. The molecule has 8 aromatic carbocycles. The SMILES string of the molecule is c1ccc(C2=C(c3ccc4ccccc4c3)c3cccc4c3c3c5c2cccc5ccc3n4-c2nc(-c3ccccc3)c3sc4ccccc4c3n2)cc1. The molecule has 0 unspecified atom stereocenters. The van der Waals surface area contributed by atoms with Crippen molar-refractivity contribution in [2.45, 2.75) is 0 Å². The fraction of sp³-hybridized carbons (Fsp3) is 0. The van der Waals surface area contributed by atoms with E-state index in [-0.39, 0.29) is 0 Å². The van der Waals surface area contributed by atoms with E-state index >= 15 is 0 Å². The van der Waals surface area contributed by atoms with E-state index in [2.05, 4.69) is 180 Å². The van der Waals surface area contributed by atoms with Crippen LogP contribution in [0.1, 0.15) is 22.3 Å². The zero-order chi connectivity index (χ0) is 35.3. The van der Waals surface area contributed by atoms with Gasteiger partial charge < -0.3 is 0 Å². The Morgan fingerprint density at radius 3 is 1.93 bits per heavy atom. The largest absolute Gasteiger partial charge is 0.278 e. The molecule has 0 spiro atoms. The highest BCUT2D eigenvalue weighted by molar-refractivity contribution is 7.26. The van der Waals surface area contributed by atoms with Gasteiger partial charge in [-0.2, -0.15) is 0 Å². The average Bonchev–Trinajstić information content (AvgIpc) is 3.74. The van der Waals surface area contributed by atoms with Gasteiger partial charge in [0, 0.05) is 26.4 Å². The first kappa shape index (κ1) is 29.7. The molecule has 3 aromatic heterocycles. The van der Waals surface area contributed by atoms with Crippen molar-refractivity contribution in [2.24, 2.45) is 0 Å². The molecule has 0 bridgehead atoms. The molecule has 11 aromatic rings. The summed E-state index contributed by atoms with van der Waals surface area (Å²) in [5.74, 6) is 0.680. The van der Waals surface area contributed by atoms with Crippen LogP contribution in [-0.2, 0) is 0 Å². The number of rotatable bonds is 4. The number of thiophene rings is 1. The van der Waals surface area contributed by atoms with Gasteiger partial charge in [-0.25, -0.2) is 9.97 Å². The zero-order valence-electron chi connectivity index (χ0n) is 29.0. The van der Waals surface area contributed by atoms with E-state index < -0.39 is 0 Å². The summed E-state index contributed by atoms with van der Waals surface area (Å²) in [5, 5.41) is 8.54. The highest BCUT2D eigenvalue weighted by atomic mass is 32.1. The molecule has 1 aliphatic rings. The Kier molecular flexibility index (Phi) is 6.21. The van der Waals surface area contributed by atoms with Crippen LogP contribution in [0.2, 0.25) is 0 Å². The molecule has 3 nitrogen and oxygen atoms in total. The fourth-order valence-corrected chi connectivity index (χ4v) is 10.0. The zero-order valence-corrected chi connectivity index (χ0v) is 29.8. The van der Waals surface area contributed by atoms with Gasteiger partial charge in [-0.3, -0.25) is 4.57 Å². The van der Waals surface area contributed by atoms with Gasteiger partial charge in [-0.1, -0.05) is 152 Å². The average molecular weight is 704 g/mol. The molecular weight excluding hydrogens is 675 g/mol. The van der Waals surface area contributed by atoms with Crippen molar-refractivity contribution in [2.75, 3.05) is 0 Å². The topological polar surface area (TPSA) is 30.7 Å². The van der Waals surface area contributed by atoms with Gasteiger partial charge in [-0.15, -0.1) is 11.3 Å². The first-order valence-corrected chi connectivity index (χ1v) is 19.2. The molecule has 1 aliphatic carbocycles. The number of nitrogens with zero attached hydrogens (tertiary/aromatic N) is 3. The van der Waals surface area contributed by atoms with Crippen LogP contribution in [0, 0.1) is 0 Å². The maximum Gasteiger partial charge on any atom is 0.235 e. The van der Waals surface area contributed by atoms with Gasteiger partial charge in [0.2, 0.25) is 5.95 Å². The lowest BCUT2D eigenvalue weighted by Crippen LogP contribution is -2.03. The second-order valence-corrected chi connectivity index (χ2v) is 15.1.